The van der Waals surface area contributed by atoms with Gasteiger partial charge < -0.3 is 13.7 Å². The Bertz CT molecular complexity index is 2940. The summed E-state index contributed by atoms with van der Waals surface area (Å²) in [4.78, 5) is 0. The van der Waals surface area contributed by atoms with Crippen molar-refractivity contribution in [3.63, 3.8) is 0 Å². The minimum atomic E-state index is -3.16. The number of para-hydroxylation sites is 4. The molecule has 3 nitrogen and oxygen atoms in total. The zero-order valence-corrected chi connectivity index (χ0v) is 29.2. The average Bonchev–Trinajstić information content (AvgIpc) is 3.76. The van der Waals surface area contributed by atoms with Crippen LogP contribution >= 0.6 is 0 Å². The van der Waals surface area contributed by atoms with Gasteiger partial charge >= 0.3 is 0 Å². The lowest BCUT2D eigenvalue weighted by Crippen LogP contribution is -2.76. The minimum Gasteiger partial charge on any atom is -0.458 e. The van der Waals surface area contributed by atoms with E-state index in [0.717, 1.165) is 33.7 Å². The Morgan fingerprint density at radius 2 is 1.02 bits per heavy atom. The van der Waals surface area contributed by atoms with Crippen LogP contribution in [0.2, 0.25) is 0 Å². The zero-order chi connectivity index (χ0) is 34.2. The van der Waals surface area contributed by atoms with Gasteiger partial charge in [0.1, 0.15) is 22.7 Å². The molecule has 1 unspecified atom stereocenters. The number of aromatic nitrogens is 1. The fourth-order valence-corrected chi connectivity index (χ4v) is 14.2. The van der Waals surface area contributed by atoms with Crippen molar-refractivity contribution in [3.05, 3.63) is 188 Å². The molecule has 1 aliphatic rings. The maximum atomic E-state index is 6.91. The molecule has 0 saturated heterocycles. The SMILES string of the molecule is c1ccc(-c2cccc3c2[Si](c2ccc(-n4c5ccccc5c5ccccc54)cc2)(c2cccc4oc5ccccc5c24)c2ccccc2O3)cc1. The lowest BCUT2D eigenvalue weighted by atomic mass is 10.1. The molecule has 0 aliphatic carbocycles. The van der Waals surface area contributed by atoms with Gasteiger partial charge in [0.15, 0.2) is 8.07 Å². The Kier molecular flexibility index (Phi) is 6.27. The molecule has 0 bridgehead atoms. The van der Waals surface area contributed by atoms with Crippen LogP contribution < -0.4 is 25.5 Å². The summed E-state index contributed by atoms with van der Waals surface area (Å²) in [6.45, 7) is 0. The molecule has 0 radical (unpaired) electrons. The van der Waals surface area contributed by atoms with Crippen LogP contribution in [0.15, 0.2) is 192 Å². The maximum absolute atomic E-state index is 6.91. The van der Waals surface area contributed by atoms with E-state index in [0.29, 0.717) is 0 Å². The fraction of sp³-hybridized carbons (Fsp3) is 0. The highest BCUT2D eigenvalue weighted by Crippen LogP contribution is 2.37. The van der Waals surface area contributed by atoms with Crippen molar-refractivity contribution in [1.82, 2.24) is 4.57 Å². The fourth-order valence-electron chi connectivity index (χ4n) is 8.86. The Hall–Kier alpha value is -6.62. The summed E-state index contributed by atoms with van der Waals surface area (Å²) in [6, 6.07) is 67.9. The molecule has 4 heteroatoms. The van der Waals surface area contributed by atoms with Gasteiger partial charge in [-0.25, -0.2) is 0 Å². The van der Waals surface area contributed by atoms with Gasteiger partial charge in [-0.15, -0.1) is 0 Å². The summed E-state index contributed by atoms with van der Waals surface area (Å²) in [6.07, 6.45) is 0. The maximum Gasteiger partial charge on any atom is 0.189 e. The van der Waals surface area contributed by atoms with Gasteiger partial charge in [0.25, 0.3) is 0 Å². The van der Waals surface area contributed by atoms with Crippen molar-refractivity contribution in [1.29, 1.82) is 0 Å². The van der Waals surface area contributed by atoms with E-state index in [-0.39, 0.29) is 0 Å². The van der Waals surface area contributed by atoms with E-state index in [4.69, 9.17) is 9.15 Å². The van der Waals surface area contributed by atoms with Crippen LogP contribution in [0.5, 0.6) is 11.5 Å². The van der Waals surface area contributed by atoms with Crippen molar-refractivity contribution in [2.75, 3.05) is 0 Å². The molecule has 0 amide bonds. The van der Waals surface area contributed by atoms with Crippen LogP contribution in [-0.4, -0.2) is 12.6 Å². The van der Waals surface area contributed by atoms with E-state index in [2.05, 4.69) is 193 Å². The van der Waals surface area contributed by atoms with E-state index < -0.39 is 8.07 Å². The summed E-state index contributed by atoms with van der Waals surface area (Å²) < 4.78 is 15.9. The third kappa shape index (κ3) is 4.01. The van der Waals surface area contributed by atoms with Gasteiger partial charge in [0, 0.05) is 32.4 Å². The number of benzene rings is 8. The highest BCUT2D eigenvalue weighted by molar-refractivity contribution is 7.22. The van der Waals surface area contributed by atoms with Gasteiger partial charge in [0.2, 0.25) is 0 Å². The molecule has 244 valence electrons. The van der Waals surface area contributed by atoms with Crippen LogP contribution in [0.1, 0.15) is 0 Å². The molecule has 8 aromatic carbocycles. The molecule has 11 rings (SSSR count). The van der Waals surface area contributed by atoms with E-state index in [1.54, 1.807) is 0 Å². The molecule has 0 spiro atoms. The quantitative estimate of drug-likeness (QED) is 0.173. The molecule has 52 heavy (non-hydrogen) atoms. The Balaban J connectivity index is 1.28. The third-order valence-corrected chi connectivity index (χ3v) is 15.9. The first-order valence-electron chi connectivity index (χ1n) is 17.8. The Morgan fingerprint density at radius 3 is 1.81 bits per heavy atom. The molecule has 1 atom stereocenters. The second-order valence-corrected chi connectivity index (χ2v) is 17.2. The third-order valence-electron chi connectivity index (χ3n) is 10.9. The van der Waals surface area contributed by atoms with Gasteiger partial charge in [-0.1, -0.05) is 140 Å². The molecule has 1 aliphatic heterocycles. The number of ether oxygens (including phenoxy) is 1. The number of hydrogen-bond donors (Lipinski definition) is 0. The topological polar surface area (TPSA) is 27.3 Å². The molecule has 3 heterocycles. The molecule has 0 fully saturated rings. The van der Waals surface area contributed by atoms with Crippen molar-refractivity contribution < 1.29 is 9.15 Å². The standard InChI is InChI=1S/C48H31NO2Si/c1-2-14-32(15-3-1)35-19-12-25-44-48(35)52(45-26-11-10-23-42(45)51-44,46-27-13-24-43-47(46)38-18-6-9-22-41(38)50-43)34-30-28-33(29-31-34)49-39-20-7-4-16-36(39)37-17-5-8-21-40(37)49/h1-31H. The van der Waals surface area contributed by atoms with Crippen molar-refractivity contribution in [2.45, 2.75) is 0 Å². The summed E-state index contributed by atoms with van der Waals surface area (Å²) >= 11 is 0. The van der Waals surface area contributed by atoms with Crippen LogP contribution in [-0.2, 0) is 0 Å². The number of furan rings is 1. The monoisotopic (exact) mass is 681 g/mol. The van der Waals surface area contributed by atoms with Gasteiger partial charge in [-0.05, 0) is 75.2 Å². The Labute approximate surface area is 301 Å². The molecule has 2 aromatic heterocycles. The summed E-state index contributed by atoms with van der Waals surface area (Å²) in [5, 5.41) is 9.87. The lowest BCUT2D eigenvalue weighted by Gasteiger charge is -2.41. The first-order valence-corrected chi connectivity index (χ1v) is 19.8. The second kappa shape index (κ2) is 11.2. The number of fused-ring (bicyclic) bond motifs is 8. The highest BCUT2D eigenvalue weighted by Gasteiger charge is 2.50. The van der Waals surface area contributed by atoms with E-state index in [1.165, 1.54) is 59.1 Å². The summed E-state index contributed by atoms with van der Waals surface area (Å²) in [5.41, 5.74) is 7.69. The highest BCUT2D eigenvalue weighted by atomic mass is 28.3. The average molecular weight is 682 g/mol. The van der Waals surface area contributed by atoms with E-state index >= 15 is 0 Å². The number of rotatable bonds is 4. The van der Waals surface area contributed by atoms with Gasteiger partial charge in [-0.2, -0.15) is 0 Å². The van der Waals surface area contributed by atoms with Crippen molar-refractivity contribution in [3.8, 4) is 28.3 Å². The predicted molar refractivity (Wildman–Crippen MR) is 217 cm³/mol. The smallest absolute Gasteiger partial charge is 0.189 e. The van der Waals surface area contributed by atoms with Gasteiger partial charge in [0.05, 0.1) is 11.0 Å². The van der Waals surface area contributed by atoms with Crippen LogP contribution in [0, 0.1) is 0 Å². The largest absolute Gasteiger partial charge is 0.458 e. The lowest BCUT2D eigenvalue weighted by molar-refractivity contribution is 0.487. The van der Waals surface area contributed by atoms with Crippen molar-refractivity contribution >= 4 is 72.6 Å². The van der Waals surface area contributed by atoms with E-state index in [9.17, 15) is 0 Å². The zero-order valence-electron chi connectivity index (χ0n) is 28.2. The summed E-state index contributed by atoms with van der Waals surface area (Å²) in [7, 11) is -3.16. The van der Waals surface area contributed by atoms with Crippen molar-refractivity contribution in [2.24, 2.45) is 0 Å². The number of hydrogen-bond acceptors (Lipinski definition) is 2. The number of nitrogens with zero attached hydrogens (tertiary/aromatic N) is 1. The first-order chi connectivity index (χ1) is 25.8. The van der Waals surface area contributed by atoms with Crippen LogP contribution in [0.25, 0.3) is 60.6 Å². The normalized spacial score (nSPS) is 15.2. The molecule has 0 saturated carbocycles. The molecular formula is C48H31NO2Si. The molecular weight excluding hydrogens is 651 g/mol. The predicted octanol–water partition coefficient (Wildman–Crippen LogP) is 9.83. The minimum absolute atomic E-state index is 0.896. The summed E-state index contributed by atoms with van der Waals surface area (Å²) in [5.74, 6) is 1.81. The Morgan fingerprint density at radius 1 is 0.423 bits per heavy atom. The van der Waals surface area contributed by atoms with E-state index in [1.807, 2.05) is 0 Å². The van der Waals surface area contributed by atoms with Gasteiger partial charge in [-0.3, -0.25) is 0 Å². The second-order valence-electron chi connectivity index (χ2n) is 13.6. The van der Waals surface area contributed by atoms with Crippen LogP contribution in [0.4, 0.5) is 0 Å². The first kappa shape index (κ1) is 29.1. The molecule has 0 N–H and O–H groups in total. The van der Waals surface area contributed by atoms with Crippen LogP contribution in [0.3, 0.4) is 0 Å². The molecule has 10 aromatic rings.